The molecule has 2 amide bonds. The predicted octanol–water partition coefficient (Wildman–Crippen LogP) is 4.76. The Bertz CT molecular complexity index is 1960. The number of carbonyl (C=O) groups is 2. The van der Waals surface area contributed by atoms with Gasteiger partial charge in [-0.2, -0.15) is 13.2 Å². The zero-order valence-corrected chi connectivity index (χ0v) is 29.2. The zero-order valence-electron chi connectivity index (χ0n) is 27.7. The highest BCUT2D eigenvalue weighted by Crippen LogP contribution is 2.40. The molecule has 5 heterocycles. The van der Waals surface area contributed by atoms with Gasteiger partial charge >= 0.3 is 6.18 Å². The molecule has 0 radical (unpaired) electrons. The molecule has 1 aromatic carbocycles. The highest BCUT2D eigenvalue weighted by atomic mass is 35.5. The number of hydrogen-bond donors (Lipinski definition) is 4. The topological polar surface area (TPSA) is 147 Å². The van der Waals surface area contributed by atoms with E-state index in [9.17, 15) is 27.9 Å². The van der Waals surface area contributed by atoms with Crippen molar-refractivity contribution in [3.63, 3.8) is 0 Å². The number of alkyl halides is 3. The number of imidazole rings is 1. The first-order chi connectivity index (χ1) is 24.3. The van der Waals surface area contributed by atoms with E-state index in [0.717, 1.165) is 17.7 Å². The number of nitrogens with zero attached hydrogens (tertiary/aromatic N) is 5. The molecular weight excluding hydrogens is 712 g/mol. The molecule has 4 N–H and O–H groups in total. The predicted molar refractivity (Wildman–Crippen MR) is 185 cm³/mol. The van der Waals surface area contributed by atoms with Crippen molar-refractivity contribution in [1.82, 2.24) is 35.1 Å². The third kappa shape index (κ3) is 7.97. The Morgan fingerprint density at radius 1 is 1.14 bits per heavy atom. The van der Waals surface area contributed by atoms with E-state index < -0.39 is 24.7 Å². The third-order valence-electron chi connectivity index (χ3n) is 8.94. The number of methoxy groups -OCH3 is 1. The van der Waals surface area contributed by atoms with Gasteiger partial charge in [0.2, 0.25) is 11.8 Å². The largest absolute Gasteiger partial charge is 0.481 e. The number of fused-ring (bicyclic) bond motifs is 1. The molecule has 1 fully saturated rings. The number of anilines is 1. The summed E-state index contributed by atoms with van der Waals surface area (Å²) in [5.74, 6) is -0.0405. The number of hydrogen-bond acceptors (Lipinski definition) is 9. The van der Waals surface area contributed by atoms with Gasteiger partial charge in [0.1, 0.15) is 0 Å². The maximum Gasteiger partial charge on any atom is 0.415 e. The van der Waals surface area contributed by atoms with Crippen LogP contribution in [0.3, 0.4) is 0 Å². The highest BCUT2D eigenvalue weighted by Gasteiger charge is 2.40. The van der Waals surface area contributed by atoms with Crippen LogP contribution in [0.25, 0.3) is 22.5 Å². The van der Waals surface area contributed by atoms with E-state index in [2.05, 4.69) is 30.9 Å². The summed E-state index contributed by atoms with van der Waals surface area (Å²) in [4.78, 5) is 40.0. The number of aromatic nitrogens is 4. The molecule has 3 aromatic heterocycles. The first-order valence-corrected chi connectivity index (χ1v) is 16.9. The molecule has 6 rings (SSSR count). The van der Waals surface area contributed by atoms with Gasteiger partial charge in [0.25, 0.3) is 5.91 Å². The minimum Gasteiger partial charge on any atom is -0.481 e. The molecule has 12 nitrogen and oxygen atoms in total. The van der Waals surface area contributed by atoms with Crippen LogP contribution in [0.4, 0.5) is 18.9 Å². The van der Waals surface area contributed by atoms with Crippen LogP contribution in [0.15, 0.2) is 42.6 Å². The maximum absolute atomic E-state index is 13.4. The standard InChI is InChI=1S/C34H35Cl2F3N8O4/c1-46-25-11-13-47(17-26(48)34(37,38)39)16-24(25)43-31(46)32(50)44-23-5-3-4-21(28(23)35)30-29(36)20(10-12-41-30)22-8-6-18(33(45-22)51-2)14-40-15-19-7-9-27(49)42-19/h3-6,8,10,12,19,26,40,48H,7,9,11,13-17H2,1-2H3,(H,42,49)(H,44,50)/t19-,26?/m0/s1. The highest BCUT2D eigenvalue weighted by molar-refractivity contribution is 6.39. The van der Waals surface area contributed by atoms with Crippen LogP contribution in [-0.4, -0.2) is 86.4 Å². The lowest BCUT2D eigenvalue weighted by Crippen LogP contribution is -2.43. The van der Waals surface area contributed by atoms with E-state index in [4.69, 9.17) is 27.9 Å². The van der Waals surface area contributed by atoms with E-state index >= 15 is 0 Å². The summed E-state index contributed by atoms with van der Waals surface area (Å²) in [5, 5.41) is 19.0. The lowest BCUT2D eigenvalue weighted by atomic mass is 10.1. The molecule has 2 aliphatic heterocycles. The van der Waals surface area contributed by atoms with Gasteiger partial charge in [0.05, 0.1) is 39.9 Å². The van der Waals surface area contributed by atoms with Crippen molar-refractivity contribution >= 4 is 40.7 Å². The Morgan fingerprint density at radius 2 is 1.94 bits per heavy atom. The summed E-state index contributed by atoms with van der Waals surface area (Å²) in [6.07, 6.45) is -3.95. The molecule has 0 spiro atoms. The van der Waals surface area contributed by atoms with Crippen molar-refractivity contribution in [3.8, 4) is 28.4 Å². The Labute approximate surface area is 301 Å². The average Bonchev–Trinajstić information content (AvgIpc) is 3.67. The van der Waals surface area contributed by atoms with Crippen molar-refractivity contribution in [2.75, 3.05) is 32.1 Å². The summed E-state index contributed by atoms with van der Waals surface area (Å²) in [6.45, 7) is 0.850. The normalized spacial score (nSPS) is 16.9. The zero-order chi connectivity index (χ0) is 36.4. The molecule has 1 unspecified atom stereocenters. The number of β-amino-alcohol motifs (C(OH)–C–C–N with tert-alkyl or cyclic N) is 1. The fourth-order valence-electron chi connectivity index (χ4n) is 6.25. The summed E-state index contributed by atoms with van der Waals surface area (Å²) in [5.41, 5.74) is 4.21. The van der Waals surface area contributed by atoms with Gasteiger partial charge in [-0.1, -0.05) is 41.4 Å². The summed E-state index contributed by atoms with van der Waals surface area (Å²) >= 11 is 13.8. The van der Waals surface area contributed by atoms with E-state index in [0.29, 0.717) is 60.0 Å². The van der Waals surface area contributed by atoms with Crippen LogP contribution < -0.4 is 20.7 Å². The molecule has 17 heteroatoms. The average molecular weight is 748 g/mol. The molecule has 51 heavy (non-hydrogen) atoms. The van der Waals surface area contributed by atoms with Crippen LogP contribution in [0.2, 0.25) is 10.0 Å². The van der Waals surface area contributed by atoms with Crippen molar-refractivity contribution < 1.29 is 32.6 Å². The molecule has 2 aliphatic rings. The molecule has 1 saturated heterocycles. The Hall–Kier alpha value is -4.28. The smallest absolute Gasteiger partial charge is 0.415 e. The van der Waals surface area contributed by atoms with E-state index in [1.807, 2.05) is 12.1 Å². The van der Waals surface area contributed by atoms with Crippen LogP contribution >= 0.6 is 23.2 Å². The number of aliphatic hydroxyl groups excluding tert-OH is 1. The van der Waals surface area contributed by atoms with Gasteiger partial charge in [-0.15, -0.1) is 0 Å². The second-order valence-corrected chi connectivity index (χ2v) is 13.1. The third-order valence-corrected chi connectivity index (χ3v) is 9.73. The minimum absolute atomic E-state index is 0.0572. The fraction of sp³-hybridized carbons (Fsp3) is 0.382. The van der Waals surface area contributed by atoms with Crippen LogP contribution in [-0.2, 0) is 31.4 Å². The maximum atomic E-state index is 13.4. The minimum atomic E-state index is -4.73. The lowest BCUT2D eigenvalue weighted by molar-refractivity contribution is -0.208. The first kappa shape index (κ1) is 36.5. The van der Waals surface area contributed by atoms with Gasteiger partial charge in [0.15, 0.2) is 11.9 Å². The molecule has 0 aliphatic carbocycles. The van der Waals surface area contributed by atoms with Crippen LogP contribution in [0, 0.1) is 0 Å². The number of aliphatic hydroxyl groups is 1. The summed E-state index contributed by atoms with van der Waals surface area (Å²) in [6, 6.07) is 10.5. The second-order valence-electron chi connectivity index (χ2n) is 12.4. The molecule has 0 bridgehead atoms. The number of amides is 2. The number of ether oxygens (including phenoxy) is 1. The molecular formula is C34H35Cl2F3N8O4. The van der Waals surface area contributed by atoms with Gasteiger partial charge in [0, 0.05) is 87.2 Å². The number of benzene rings is 1. The first-order valence-electron chi connectivity index (χ1n) is 16.1. The summed E-state index contributed by atoms with van der Waals surface area (Å²) < 4.78 is 45.9. The van der Waals surface area contributed by atoms with Crippen molar-refractivity contribution in [2.45, 2.75) is 50.7 Å². The molecule has 0 saturated carbocycles. The monoisotopic (exact) mass is 746 g/mol. The second kappa shape index (κ2) is 15.1. The SMILES string of the molecule is COc1nc(-c2ccnc(-c3cccc(NC(=O)c4nc5c(n4C)CCN(CC(O)C(F)(F)F)C5)c3Cl)c2Cl)ccc1CNC[C@@H]1CCC(=O)N1. The fourth-order valence-corrected chi connectivity index (χ4v) is 6.82. The van der Waals surface area contributed by atoms with Gasteiger partial charge in [-0.05, 0) is 24.6 Å². The summed E-state index contributed by atoms with van der Waals surface area (Å²) in [7, 11) is 3.20. The van der Waals surface area contributed by atoms with E-state index in [1.165, 1.54) is 12.0 Å². The van der Waals surface area contributed by atoms with E-state index in [1.54, 1.807) is 42.1 Å². The van der Waals surface area contributed by atoms with Gasteiger partial charge in [-0.3, -0.25) is 19.5 Å². The lowest BCUT2D eigenvalue weighted by Gasteiger charge is -2.29. The molecule has 270 valence electrons. The van der Waals surface area contributed by atoms with Crippen LogP contribution in [0.1, 0.15) is 40.4 Å². The van der Waals surface area contributed by atoms with Crippen molar-refractivity contribution in [1.29, 1.82) is 0 Å². The van der Waals surface area contributed by atoms with Crippen molar-refractivity contribution in [2.24, 2.45) is 7.05 Å². The molecule has 4 aromatic rings. The quantitative estimate of drug-likeness (QED) is 0.171. The number of rotatable bonds is 11. The molecule has 2 atom stereocenters. The van der Waals surface area contributed by atoms with Crippen LogP contribution in [0.5, 0.6) is 5.88 Å². The Morgan fingerprint density at radius 3 is 2.67 bits per heavy atom. The number of nitrogens with one attached hydrogen (secondary N) is 3. The van der Waals surface area contributed by atoms with E-state index in [-0.39, 0.29) is 46.6 Å². The van der Waals surface area contributed by atoms with Crippen molar-refractivity contribution in [3.05, 3.63) is 75.4 Å². The number of halogens is 5. The Balaban J connectivity index is 1.18. The Kier molecular flexibility index (Phi) is 10.8. The van der Waals surface area contributed by atoms with Gasteiger partial charge < -0.3 is 30.4 Å². The number of carbonyl (C=O) groups excluding carboxylic acids is 2. The van der Waals surface area contributed by atoms with Gasteiger partial charge in [-0.25, -0.2) is 9.97 Å². The number of pyridine rings is 2.